The van der Waals surface area contributed by atoms with Gasteiger partial charge in [0, 0.05) is 29.0 Å². The Balaban J connectivity index is 2.11. The van der Waals surface area contributed by atoms with Crippen LogP contribution in [0.5, 0.6) is 0 Å². The second-order valence-corrected chi connectivity index (χ2v) is 5.97. The Labute approximate surface area is 114 Å². The first-order valence-electron chi connectivity index (χ1n) is 6.02. The van der Waals surface area contributed by atoms with Crippen LogP contribution in [0.1, 0.15) is 21.3 Å². The summed E-state index contributed by atoms with van der Waals surface area (Å²) in [6.07, 6.45) is 3.62. The molecule has 0 unspecified atom stereocenters. The number of rotatable bonds is 2. The van der Waals surface area contributed by atoms with Gasteiger partial charge in [0.1, 0.15) is 0 Å². The lowest BCUT2D eigenvalue weighted by Gasteiger charge is -2.03. The van der Waals surface area contributed by atoms with Gasteiger partial charge in [0.15, 0.2) is 0 Å². The smallest absolute Gasteiger partial charge is 0.259 e. The Morgan fingerprint density at radius 3 is 2.68 bits per heavy atom. The fraction of sp³-hybridized carbons (Fsp3) is 0.308. The minimum absolute atomic E-state index is 0.0487. The van der Waals surface area contributed by atoms with E-state index in [-0.39, 0.29) is 5.56 Å². The maximum atomic E-state index is 11.8. The van der Waals surface area contributed by atoms with E-state index in [1.807, 2.05) is 24.6 Å². The van der Waals surface area contributed by atoms with Gasteiger partial charge in [0.2, 0.25) is 5.78 Å². The summed E-state index contributed by atoms with van der Waals surface area (Å²) < 4.78 is 3.51. The molecule has 3 heterocycles. The Kier molecular flexibility index (Phi) is 2.74. The van der Waals surface area contributed by atoms with E-state index in [1.54, 1.807) is 21.9 Å². The van der Waals surface area contributed by atoms with E-state index >= 15 is 0 Å². The predicted octanol–water partition coefficient (Wildman–Crippen LogP) is 1.93. The fourth-order valence-corrected chi connectivity index (χ4v) is 2.98. The third kappa shape index (κ3) is 2.08. The first kappa shape index (κ1) is 12.1. The van der Waals surface area contributed by atoms with Gasteiger partial charge in [-0.1, -0.05) is 0 Å². The van der Waals surface area contributed by atoms with E-state index in [0.29, 0.717) is 12.3 Å². The Morgan fingerprint density at radius 1 is 1.21 bits per heavy atom. The van der Waals surface area contributed by atoms with E-state index in [2.05, 4.69) is 16.9 Å². The molecular weight excluding hydrogens is 260 g/mol. The summed E-state index contributed by atoms with van der Waals surface area (Å²) in [5.74, 6) is 0.662. The monoisotopic (exact) mass is 274 g/mol. The third-order valence-corrected chi connectivity index (χ3v) is 3.96. The second kappa shape index (κ2) is 4.31. The maximum Gasteiger partial charge on any atom is 0.259 e. The van der Waals surface area contributed by atoms with Crippen LogP contribution in [0.3, 0.4) is 0 Å². The van der Waals surface area contributed by atoms with Crippen LogP contribution in [0.15, 0.2) is 23.3 Å². The molecule has 5 nitrogen and oxygen atoms in total. The van der Waals surface area contributed by atoms with E-state index < -0.39 is 0 Å². The van der Waals surface area contributed by atoms with Crippen molar-refractivity contribution in [3.63, 3.8) is 0 Å². The van der Waals surface area contributed by atoms with Gasteiger partial charge in [-0.2, -0.15) is 0 Å². The number of aromatic nitrogens is 4. The molecule has 0 saturated heterocycles. The Hall–Kier alpha value is -1.95. The first-order valence-corrected chi connectivity index (χ1v) is 6.84. The zero-order valence-electron chi connectivity index (χ0n) is 11.0. The Bertz CT molecular complexity index is 812. The summed E-state index contributed by atoms with van der Waals surface area (Å²) >= 11 is 1.69. The molecule has 0 saturated carbocycles. The summed E-state index contributed by atoms with van der Waals surface area (Å²) in [5.41, 5.74) is 1.72. The second-order valence-electron chi connectivity index (χ2n) is 4.57. The predicted molar refractivity (Wildman–Crippen MR) is 74.9 cm³/mol. The number of nitrogens with zero attached hydrogens (tertiary/aromatic N) is 4. The first-order chi connectivity index (χ1) is 9.04. The molecule has 0 aliphatic rings. The van der Waals surface area contributed by atoms with Crippen LogP contribution in [0.2, 0.25) is 0 Å². The van der Waals surface area contributed by atoms with Gasteiger partial charge in [0.25, 0.3) is 5.56 Å². The lowest BCUT2D eigenvalue weighted by atomic mass is 10.4. The van der Waals surface area contributed by atoms with Crippen molar-refractivity contribution in [3.8, 4) is 0 Å². The molecule has 0 bridgehead atoms. The number of hydrogen-bond acceptors (Lipinski definition) is 4. The Morgan fingerprint density at radius 2 is 2.00 bits per heavy atom. The SMILES string of the molecule is Cc1cc(=O)n2ccn(Cc3nc(C)sc3C)c2n1. The van der Waals surface area contributed by atoms with E-state index in [9.17, 15) is 4.79 Å². The van der Waals surface area contributed by atoms with Crippen molar-refractivity contribution in [3.05, 3.63) is 50.1 Å². The molecule has 0 atom stereocenters. The third-order valence-electron chi connectivity index (χ3n) is 3.03. The molecular formula is C13H14N4OS. The highest BCUT2D eigenvalue weighted by Gasteiger charge is 2.09. The van der Waals surface area contributed by atoms with E-state index in [0.717, 1.165) is 16.4 Å². The number of hydrogen-bond donors (Lipinski definition) is 0. The van der Waals surface area contributed by atoms with Crippen molar-refractivity contribution in [1.29, 1.82) is 0 Å². The van der Waals surface area contributed by atoms with Crippen molar-refractivity contribution < 1.29 is 0 Å². The average molecular weight is 274 g/mol. The molecule has 0 N–H and O–H groups in total. The number of imidazole rings is 1. The molecule has 98 valence electrons. The molecule has 6 heteroatoms. The number of aryl methyl sites for hydroxylation is 3. The normalized spacial score (nSPS) is 11.3. The average Bonchev–Trinajstić information content (AvgIpc) is 2.84. The van der Waals surface area contributed by atoms with Gasteiger partial charge in [-0.05, 0) is 20.8 Å². The van der Waals surface area contributed by atoms with Crippen LogP contribution in [0.4, 0.5) is 0 Å². The standard InChI is InChI=1S/C13H14N4OS/c1-8-6-12(18)17-5-4-16(13(17)14-8)7-11-9(2)19-10(3)15-11/h4-6H,7H2,1-3H3. The zero-order valence-corrected chi connectivity index (χ0v) is 11.9. The van der Waals surface area contributed by atoms with Crippen LogP contribution >= 0.6 is 11.3 Å². The molecule has 0 aliphatic carbocycles. The van der Waals surface area contributed by atoms with Gasteiger partial charge in [0.05, 0.1) is 17.2 Å². The quantitative estimate of drug-likeness (QED) is 0.717. The molecule has 3 aromatic rings. The van der Waals surface area contributed by atoms with E-state index in [4.69, 9.17) is 0 Å². The fourth-order valence-electron chi connectivity index (χ4n) is 2.15. The molecule has 3 aromatic heterocycles. The summed E-state index contributed by atoms with van der Waals surface area (Å²) in [6.45, 7) is 6.54. The molecule has 0 aliphatic heterocycles. The van der Waals surface area contributed by atoms with E-state index in [1.165, 1.54) is 10.9 Å². The minimum Gasteiger partial charge on any atom is -0.311 e. The molecule has 19 heavy (non-hydrogen) atoms. The molecule has 3 rings (SSSR count). The topological polar surface area (TPSA) is 52.2 Å². The maximum absolute atomic E-state index is 11.8. The molecule has 0 aromatic carbocycles. The van der Waals surface area contributed by atoms with Gasteiger partial charge in [-0.3, -0.25) is 9.20 Å². The van der Waals surface area contributed by atoms with Gasteiger partial charge < -0.3 is 4.57 Å². The van der Waals surface area contributed by atoms with Crippen molar-refractivity contribution in [1.82, 2.24) is 18.9 Å². The van der Waals surface area contributed by atoms with Gasteiger partial charge in [-0.15, -0.1) is 11.3 Å². The van der Waals surface area contributed by atoms with Crippen molar-refractivity contribution in [2.75, 3.05) is 0 Å². The largest absolute Gasteiger partial charge is 0.311 e. The summed E-state index contributed by atoms with van der Waals surface area (Å²) in [6, 6.07) is 1.54. The summed E-state index contributed by atoms with van der Waals surface area (Å²) in [4.78, 5) is 22.0. The number of fused-ring (bicyclic) bond motifs is 1. The molecule has 0 amide bonds. The van der Waals surface area contributed by atoms with Crippen LogP contribution in [-0.4, -0.2) is 18.9 Å². The zero-order chi connectivity index (χ0) is 13.6. The highest BCUT2D eigenvalue weighted by Crippen LogP contribution is 2.18. The lowest BCUT2D eigenvalue weighted by Crippen LogP contribution is -2.14. The van der Waals surface area contributed by atoms with Crippen molar-refractivity contribution in [2.45, 2.75) is 27.3 Å². The molecule has 0 fully saturated rings. The minimum atomic E-state index is -0.0487. The lowest BCUT2D eigenvalue weighted by molar-refractivity contribution is 0.781. The molecule has 0 spiro atoms. The highest BCUT2D eigenvalue weighted by atomic mass is 32.1. The molecule has 0 radical (unpaired) electrons. The van der Waals surface area contributed by atoms with Crippen LogP contribution in [0.25, 0.3) is 5.78 Å². The highest BCUT2D eigenvalue weighted by molar-refractivity contribution is 7.11. The number of thiazole rings is 1. The van der Waals surface area contributed by atoms with Gasteiger partial charge >= 0.3 is 0 Å². The van der Waals surface area contributed by atoms with Crippen LogP contribution in [-0.2, 0) is 6.54 Å². The summed E-state index contributed by atoms with van der Waals surface area (Å²) in [5, 5.41) is 1.06. The van der Waals surface area contributed by atoms with Crippen molar-refractivity contribution in [2.24, 2.45) is 0 Å². The van der Waals surface area contributed by atoms with Crippen molar-refractivity contribution >= 4 is 17.1 Å². The van der Waals surface area contributed by atoms with Gasteiger partial charge in [-0.25, -0.2) is 9.97 Å². The summed E-state index contributed by atoms with van der Waals surface area (Å²) in [7, 11) is 0. The van der Waals surface area contributed by atoms with Crippen LogP contribution < -0.4 is 5.56 Å². The van der Waals surface area contributed by atoms with Crippen LogP contribution in [0, 0.1) is 20.8 Å².